The molecule has 1 amide bonds. The predicted octanol–water partition coefficient (Wildman–Crippen LogP) is 3.14. The highest BCUT2D eigenvalue weighted by atomic mass is 19.1. The Kier molecular flexibility index (Phi) is 4.50. The minimum atomic E-state index is -1.40. The van der Waals surface area contributed by atoms with Crippen molar-refractivity contribution in [3.63, 3.8) is 0 Å². The lowest BCUT2D eigenvalue weighted by atomic mass is 9.94. The number of piperidine rings is 1. The highest BCUT2D eigenvalue weighted by Crippen LogP contribution is 2.26. The number of rotatable bonds is 3. The standard InChI is InChI=1S/C14H16F2N2O3/c1-2-9-5-7-17(8-6-9)14(19)12-10(15)3-4-11(13(12)16)18(20)21/h3-4,9H,2,5-8H2,1H3. The molecule has 1 heterocycles. The normalized spacial score (nSPS) is 16.0. The fourth-order valence-corrected chi connectivity index (χ4v) is 2.58. The Morgan fingerprint density at radius 1 is 1.38 bits per heavy atom. The summed E-state index contributed by atoms with van der Waals surface area (Å²) in [6.07, 6.45) is 2.56. The van der Waals surface area contributed by atoms with Crippen LogP contribution in [-0.2, 0) is 0 Å². The molecular weight excluding hydrogens is 282 g/mol. The molecule has 0 bridgehead atoms. The number of amides is 1. The summed E-state index contributed by atoms with van der Waals surface area (Å²) in [5.41, 5.74) is -1.72. The average molecular weight is 298 g/mol. The second kappa shape index (κ2) is 6.15. The summed E-state index contributed by atoms with van der Waals surface area (Å²) in [6, 6.07) is 1.48. The van der Waals surface area contributed by atoms with Crippen molar-refractivity contribution in [1.29, 1.82) is 0 Å². The zero-order valence-corrected chi connectivity index (χ0v) is 11.6. The quantitative estimate of drug-likeness (QED) is 0.636. The molecule has 0 unspecified atom stereocenters. The number of likely N-dealkylation sites (tertiary alicyclic amines) is 1. The number of nitro groups is 1. The van der Waals surface area contributed by atoms with Gasteiger partial charge in [-0.25, -0.2) is 4.39 Å². The van der Waals surface area contributed by atoms with Crippen LogP contribution >= 0.6 is 0 Å². The summed E-state index contributed by atoms with van der Waals surface area (Å²) in [5, 5.41) is 10.7. The molecule has 5 nitrogen and oxygen atoms in total. The highest BCUT2D eigenvalue weighted by molar-refractivity contribution is 5.95. The van der Waals surface area contributed by atoms with Crippen LogP contribution in [0.2, 0.25) is 0 Å². The number of nitrogens with zero attached hydrogens (tertiary/aromatic N) is 2. The first-order valence-corrected chi connectivity index (χ1v) is 6.87. The van der Waals surface area contributed by atoms with Crippen LogP contribution in [0.15, 0.2) is 12.1 Å². The van der Waals surface area contributed by atoms with Crippen molar-refractivity contribution in [2.75, 3.05) is 13.1 Å². The van der Waals surface area contributed by atoms with Crippen LogP contribution in [0, 0.1) is 27.7 Å². The maximum atomic E-state index is 14.0. The molecule has 114 valence electrons. The summed E-state index contributed by atoms with van der Waals surface area (Å²) in [6.45, 7) is 2.89. The van der Waals surface area contributed by atoms with Gasteiger partial charge in [0.1, 0.15) is 11.4 Å². The van der Waals surface area contributed by atoms with Crippen molar-refractivity contribution in [2.45, 2.75) is 26.2 Å². The van der Waals surface area contributed by atoms with Crippen molar-refractivity contribution >= 4 is 11.6 Å². The number of benzene rings is 1. The van der Waals surface area contributed by atoms with E-state index in [1.54, 1.807) is 0 Å². The Labute approximate surface area is 120 Å². The molecule has 0 N–H and O–H groups in total. The van der Waals surface area contributed by atoms with E-state index in [4.69, 9.17) is 0 Å². The van der Waals surface area contributed by atoms with E-state index in [0.29, 0.717) is 19.0 Å². The van der Waals surface area contributed by atoms with E-state index in [1.807, 2.05) is 0 Å². The van der Waals surface area contributed by atoms with Gasteiger partial charge in [0.15, 0.2) is 0 Å². The molecule has 1 aromatic carbocycles. The molecule has 0 atom stereocenters. The summed E-state index contributed by atoms with van der Waals surface area (Å²) < 4.78 is 27.7. The van der Waals surface area contributed by atoms with Gasteiger partial charge in [0.05, 0.1) is 4.92 Å². The molecule has 1 saturated heterocycles. The molecule has 7 heteroatoms. The molecule has 1 fully saturated rings. The molecule has 0 aliphatic carbocycles. The Balaban J connectivity index is 2.27. The number of carbonyl (C=O) groups excluding carboxylic acids is 1. The first kappa shape index (κ1) is 15.3. The molecule has 0 spiro atoms. The summed E-state index contributed by atoms with van der Waals surface area (Å²) in [7, 11) is 0. The van der Waals surface area contributed by atoms with Gasteiger partial charge in [0.2, 0.25) is 5.82 Å². The maximum absolute atomic E-state index is 14.0. The molecule has 0 aromatic heterocycles. The zero-order valence-electron chi connectivity index (χ0n) is 11.6. The monoisotopic (exact) mass is 298 g/mol. The molecule has 0 saturated carbocycles. The highest BCUT2D eigenvalue weighted by Gasteiger charge is 2.31. The lowest BCUT2D eigenvalue weighted by molar-refractivity contribution is -0.387. The Bertz CT molecular complexity index is 570. The molecule has 0 radical (unpaired) electrons. The lowest BCUT2D eigenvalue weighted by Gasteiger charge is -2.31. The first-order valence-electron chi connectivity index (χ1n) is 6.87. The van der Waals surface area contributed by atoms with Gasteiger partial charge in [-0.2, -0.15) is 4.39 Å². The zero-order chi connectivity index (χ0) is 15.6. The minimum absolute atomic E-state index is 0.416. The van der Waals surface area contributed by atoms with Gasteiger partial charge in [-0.1, -0.05) is 13.3 Å². The average Bonchev–Trinajstić information content (AvgIpc) is 2.46. The second-order valence-electron chi connectivity index (χ2n) is 5.16. The molecule has 2 rings (SSSR count). The van der Waals surface area contributed by atoms with Crippen LogP contribution in [0.5, 0.6) is 0 Å². The third kappa shape index (κ3) is 3.01. The summed E-state index contributed by atoms with van der Waals surface area (Å²) in [5.74, 6) is -2.78. The third-order valence-corrected chi connectivity index (χ3v) is 3.96. The van der Waals surface area contributed by atoms with E-state index < -0.39 is 33.7 Å². The van der Waals surface area contributed by atoms with Crippen molar-refractivity contribution < 1.29 is 18.5 Å². The van der Waals surface area contributed by atoms with Crippen LogP contribution in [0.3, 0.4) is 0 Å². The van der Waals surface area contributed by atoms with Crippen LogP contribution < -0.4 is 0 Å². The van der Waals surface area contributed by atoms with Crippen molar-refractivity contribution in [3.05, 3.63) is 39.4 Å². The lowest BCUT2D eigenvalue weighted by Crippen LogP contribution is -2.39. The second-order valence-corrected chi connectivity index (χ2v) is 5.16. The Hall–Kier alpha value is -2.05. The summed E-state index contributed by atoms with van der Waals surface area (Å²) >= 11 is 0. The van der Waals surface area contributed by atoms with Gasteiger partial charge in [-0.3, -0.25) is 14.9 Å². The van der Waals surface area contributed by atoms with Gasteiger partial charge < -0.3 is 4.90 Å². The maximum Gasteiger partial charge on any atom is 0.305 e. The van der Waals surface area contributed by atoms with Crippen molar-refractivity contribution in [2.24, 2.45) is 5.92 Å². The predicted molar refractivity (Wildman–Crippen MR) is 71.9 cm³/mol. The van der Waals surface area contributed by atoms with Crippen LogP contribution in [0.25, 0.3) is 0 Å². The number of hydrogen-bond acceptors (Lipinski definition) is 3. The van der Waals surface area contributed by atoms with Crippen molar-refractivity contribution in [3.8, 4) is 0 Å². The number of hydrogen-bond donors (Lipinski definition) is 0. The van der Waals surface area contributed by atoms with Crippen molar-refractivity contribution in [1.82, 2.24) is 4.90 Å². The van der Waals surface area contributed by atoms with E-state index in [1.165, 1.54) is 4.90 Å². The molecule has 1 aliphatic rings. The molecular formula is C14H16F2N2O3. The third-order valence-electron chi connectivity index (χ3n) is 3.96. The SMILES string of the molecule is CCC1CCN(C(=O)c2c(F)ccc([N+](=O)[O-])c2F)CC1. The van der Waals surface area contributed by atoms with Gasteiger partial charge in [-0.05, 0) is 24.8 Å². The van der Waals surface area contributed by atoms with E-state index in [-0.39, 0.29) is 0 Å². The number of carbonyl (C=O) groups is 1. The van der Waals surface area contributed by atoms with E-state index >= 15 is 0 Å². The van der Waals surface area contributed by atoms with E-state index in [9.17, 15) is 23.7 Å². The van der Waals surface area contributed by atoms with Gasteiger partial charge in [0, 0.05) is 19.2 Å². The summed E-state index contributed by atoms with van der Waals surface area (Å²) in [4.78, 5) is 23.3. The van der Waals surface area contributed by atoms with E-state index in [0.717, 1.165) is 31.4 Å². The fourth-order valence-electron chi connectivity index (χ4n) is 2.58. The van der Waals surface area contributed by atoms with Crippen LogP contribution in [0.4, 0.5) is 14.5 Å². The minimum Gasteiger partial charge on any atom is -0.338 e. The topological polar surface area (TPSA) is 63.5 Å². The van der Waals surface area contributed by atoms with Gasteiger partial charge in [0.25, 0.3) is 5.91 Å². The molecule has 1 aliphatic heterocycles. The molecule has 21 heavy (non-hydrogen) atoms. The van der Waals surface area contributed by atoms with E-state index in [2.05, 4.69) is 6.92 Å². The van der Waals surface area contributed by atoms with Crippen LogP contribution in [-0.4, -0.2) is 28.8 Å². The first-order chi connectivity index (χ1) is 9.95. The molecule has 1 aromatic rings. The number of halogens is 2. The van der Waals surface area contributed by atoms with Gasteiger partial charge >= 0.3 is 5.69 Å². The Morgan fingerprint density at radius 2 is 2.00 bits per heavy atom. The van der Waals surface area contributed by atoms with Gasteiger partial charge in [-0.15, -0.1) is 0 Å². The smallest absolute Gasteiger partial charge is 0.305 e. The largest absolute Gasteiger partial charge is 0.338 e. The Morgan fingerprint density at radius 3 is 2.52 bits per heavy atom. The fraction of sp³-hybridized carbons (Fsp3) is 0.500. The van der Waals surface area contributed by atoms with Crippen LogP contribution in [0.1, 0.15) is 36.5 Å². The number of nitro benzene ring substituents is 1.